The predicted octanol–water partition coefficient (Wildman–Crippen LogP) is 11.3. The summed E-state index contributed by atoms with van der Waals surface area (Å²) < 4.78 is 57.2. The molecule has 9 aromatic rings. The van der Waals surface area contributed by atoms with Gasteiger partial charge in [-0.3, -0.25) is 0 Å². The molecule has 0 amide bonds. The molecule has 230 valence electrons. The number of rotatable bonds is 6. The van der Waals surface area contributed by atoms with E-state index in [-0.39, 0.29) is 58.4 Å². The molecule has 4 nitrogen and oxygen atoms in total. The van der Waals surface area contributed by atoms with E-state index in [0.717, 1.165) is 16.7 Å². The van der Waals surface area contributed by atoms with Crippen LogP contribution in [0.2, 0.25) is 0 Å². The lowest BCUT2D eigenvalue weighted by atomic mass is 10.0. The summed E-state index contributed by atoms with van der Waals surface area (Å²) in [6.45, 7) is 0. The standard InChI is InChI=1S/C45H30N4/c1-5-15-31(16-6-1)32-27-29-35(30-28-32)44-46-43(34-19-9-3-10-20-34)47-45(48-44)40-26-14-25-39-38-24-13-23-37(33-17-7-2-8-18-33)41(38)49(42(39)40)36-21-11-4-12-22-36/h1-30H/i13D,14D,23D,24D,25D,26D. The number of fused-ring (bicyclic) bond motifs is 3. The van der Waals surface area contributed by atoms with Gasteiger partial charge in [-0.15, -0.1) is 0 Å². The molecule has 0 aliphatic heterocycles. The summed E-state index contributed by atoms with van der Waals surface area (Å²) >= 11 is 0. The highest BCUT2D eigenvalue weighted by atomic mass is 15.0. The van der Waals surface area contributed by atoms with E-state index in [2.05, 4.69) is 0 Å². The van der Waals surface area contributed by atoms with Crippen molar-refractivity contribution in [1.29, 1.82) is 0 Å². The Morgan fingerprint density at radius 2 is 0.776 bits per heavy atom. The Labute approximate surface area is 293 Å². The molecule has 4 heteroatoms. The summed E-state index contributed by atoms with van der Waals surface area (Å²) in [5.41, 5.74) is 6.16. The van der Waals surface area contributed by atoms with Gasteiger partial charge in [0.2, 0.25) is 0 Å². The van der Waals surface area contributed by atoms with E-state index in [1.54, 1.807) is 0 Å². The Morgan fingerprint density at radius 1 is 0.367 bits per heavy atom. The summed E-state index contributed by atoms with van der Waals surface area (Å²) in [5, 5.41) is 0.452. The predicted molar refractivity (Wildman–Crippen MR) is 201 cm³/mol. The molecule has 0 aliphatic rings. The van der Waals surface area contributed by atoms with Crippen molar-refractivity contribution in [2.24, 2.45) is 0 Å². The van der Waals surface area contributed by atoms with Crippen LogP contribution in [-0.2, 0) is 0 Å². The molecule has 0 N–H and O–H groups in total. The maximum absolute atomic E-state index is 9.48. The van der Waals surface area contributed by atoms with Gasteiger partial charge in [-0.1, -0.05) is 164 Å². The minimum atomic E-state index is -0.368. The largest absolute Gasteiger partial charge is 0.308 e. The molecular formula is C45H30N4. The third-order valence-corrected chi connectivity index (χ3v) is 8.61. The molecular weight excluding hydrogens is 597 g/mol. The normalized spacial score (nSPS) is 13.0. The van der Waals surface area contributed by atoms with Crippen LogP contribution < -0.4 is 0 Å². The van der Waals surface area contributed by atoms with Crippen LogP contribution in [0.1, 0.15) is 8.22 Å². The molecule has 0 bridgehead atoms. The van der Waals surface area contributed by atoms with E-state index in [0.29, 0.717) is 45.1 Å². The fourth-order valence-corrected chi connectivity index (χ4v) is 6.31. The zero-order chi connectivity index (χ0) is 37.8. The number of hydrogen-bond donors (Lipinski definition) is 0. The van der Waals surface area contributed by atoms with Gasteiger partial charge >= 0.3 is 0 Å². The molecule has 0 fully saturated rings. The van der Waals surface area contributed by atoms with Crippen molar-refractivity contribution < 1.29 is 8.22 Å². The van der Waals surface area contributed by atoms with Gasteiger partial charge in [0.15, 0.2) is 17.5 Å². The topological polar surface area (TPSA) is 43.6 Å². The second kappa shape index (κ2) is 12.2. The maximum atomic E-state index is 9.48. The monoisotopic (exact) mass is 632 g/mol. The average Bonchev–Trinajstić information content (AvgIpc) is 3.59. The van der Waals surface area contributed by atoms with Gasteiger partial charge in [-0.2, -0.15) is 0 Å². The zero-order valence-corrected chi connectivity index (χ0v) is 26.1. The molecule has 0 aliphatic carbocycles. The van der Waals surface area contributed by atoms with E-state index in [1.165, 1.54) is 0 Å². The van der Waals surface area contributed by atoms with Gasteiger partial charge in [0.1, 0.15) is 0 Å². The van der Waals surface area contributed by atoms with Crippen LogP contribution in [0.5, 0.6) is 0 Å². The van der Waals surface area contributed by atoms with Gasteiger partial charge in [0, 0.05) is 38.7 Å². The maximum Gasteiger partial charge on any atom is 0.166 e. The second-order valence-electron chi connectivity index (χ2n) is 11.6. The van der Waals surface area contributed by atoms with Gasteiger partial charge in [-0.25, -0.2) is 15.0 Å². The van der Waals surface area contributed by atoms with Crippen molar-refractivity contribution in [2.45, 2.75) is 0 Å². The Bertz CT molecular complexity index is 2900. The molecule has 0 saturated carbocycles. The van der Waals surface area contributed by atoms with Crippen molar-refractivity contribution >= 4 is 21.8 Å². The summed E-state index contributed by atoms with van der Waals surface area (Å²) in [6.07, 6.45) is 0. The Balaban J connectivity index is 1.43. The van der Waals surface area contributed by atoms with Crippen molar-refractivity contribution in [2.75, 3.05) is 0 Å². The molecule has 9 rings (SSSR count). The minimum absolute atomic E-state index is 0.115. The molecule has 0 unspecified atom stereocenters. The van der Waals surface area contributed by atoms with Crippen LogP contribution in [0, 0.1) is 0 Å². The number of nitrogens with zero attached hydrogens (tertiary/aromatic N) is 4. The molecule has 0 radical (unpaired) electrons. The molecule has 7 aromatic carbocycles. The molecule has 2 heterocycles. The fraction of sp³-hybridized carbons (Fsp3) is 0. The molecule has 2 aromatic heterocycles. The van der Waals surface area contributed by atoms with E-state index >= 15 is 0 Å². The van der Waals surface area contributed by atoms with Crippen LogP contribution in [0.3, 0.4) is 0 Å². The third-order valence-electron chi connectivity index (χ3n) is 8.61. The highest BCUT2D eigenvalue weighted by Gasteiger charge is 2.22. The Morgan fingerprint density at radius 3 is 1.37 bits per heavy atom. The Hall–Kier alpha value is -6.65. The zero-order valence-electron chi connectivity index (χ0n) is 32.1. The van der Waals surface area contributed by atoms with Crippen LogP contribution in [0.25, 0.3) is 83.9 Å². The summed E-state index contributed by atoms with van der Waals surface area (Å²) in [4.78, 5) is 14.9. The number of benzene rings is 7. The number of hydrogen-bond acceptors (Lipinski definition) is 3. The van der Waals surface area contributed by atoms with E-state index in [4.69, 9.17) is 17.7 Å². The van der Waals surface area contributed by atoms with Gasteiger partial charge in [-0.05, 0) is 34.9 Å². The number of para-hydroxylation sites is 3. The van der Waals surface area contributed by atoms with Crippen LogP contribution in [-0.4, -0.2) is 19.5 Å². The molecule has 49 heavy (non-hydrogen) atoms. The summed E-state index contributed by atoms with van der Waals surface area (Å²) in [5.74, 6) is 0.828. The van der Waals surface area contributed by atoms with Crippen molar-refractivity contribution in [1.82, 2.24) is 19.5 Å². The fourth-order valence-electron chi connectivity index (χ4n) is 6.31. The summed E-state index contributed by atoms with van der Waals surface area (Å²) in [6, 6.07) is 44.5. The average molecular weight is 633 g/mol. The first-order valence-electron chi connectivity index (χ1n) is 19.0. The second-order valence-corrected chi connectivity index (χ2v) is 11.6. The van der Waals surface area contributed by atoms with Crippen molar-refractivity contribution in [3.05, 3.63) is 182 Å². The highest BCUT2D eigenvalue weighted by Crippen LogP contribution is 2.41. The third kappa shape index (κ3) is 5.16. The smallest absolute Gasteiger partial charge is 0.166 e. The quantitative estimate of drug-likeness (QED) is 0.183. The van der Waals surface area contributed by atoms with Gasteiger partial charge in [0.25, 0.3) is 0 Å². The lowest BCUT2D eigenvalue weighted by Crippen LogP contribution is -2.02. The lowest BCUT2D eigenvalue weighted by Gasteiger charge is -2.14. The van der Waals surface area contributed by atoms with E-state index in [1.807, 2.05) is 150 Å². The SMILES string of the molecule is [2H]c1c([2H])c(-c2ccccc2)c2c(c1[2H])c1c([2H])c([2H])c([2H])c(-c3nc(-c4ccccc4)nc(-c4ccc(-c5ccccc5)cc4)n3)c1n2-c1ccccc1. The van der Waals surface area contributed by atoms with Gasteiger partial charge in [0.05, 0.1) is 19.3 Å². The van der Waals surface area contributed by atoms with Crippen LogP contribution in [0.4, 0.5) is 0 Å². The van der Waals surface area contributed by atoms with Crippen molar-refractivity contribution in [3.8, 4) is 62.1 Å². The molecule has 0 saturated heterocycles. The van der Waals surface area contributed by atoms with Crippen LogP contribution in [0.15, 0.2) is 182 Å². The molecule has 0 spiro atoms. The number of aromatic nitrogens is 4. The lowest BCUT2D eigenvalue weighted by molar-refractivity contribution is 1.07. The first-order valence-corrected chi connectivity index (χ1v) is 16.0. The Kier molecular flexibility index (Phi) is 5.67. The van der Waals surface area contributed by atoms with Gasteiger partial charge < -0.3 is 4.57 Å². The minimum Gasteiger partial charge on any atom is -0.308 e. The first kappa shape index (κ1) is 22.8. The van der Waals surface area contributed by atoms with Crippen LogP contribution >= 0.6 is 0 Å². The van der Waals surface area contributed by atoms with Crippen molar-refractivity contribution in [3.63, 3.8) is 0 Å². The highest BCUT2D eigenvalue weighted by molar-refractivity contribution is 6.17. The van der Waals surface area contributed by atoms with E-state index in [9.17, 15) is 5.48 Å². The summed E-state index contributed by atoms with van der Waals surface area (Å²) in [7, 11) is 0. The first-order chi connectivity index (χ1) is 26.8. The van der Waals surface area contributed by atoms with E-state index < -0.39 is 0 Å². The molecule has 0 atom stereocenters.